The minimum atomic E-state index is -0.484. The van der Waals surface area contributed by atoms with E-state index in [0.717, 1.165) is 41.9 Å². The van der Waals surface area contributed by atoms with Gasteiger partial charge in [-0.1, -0.05) is 12.1 Å². The molecule has 4 aromatic rings. The number of hydrogen-bond donors (Lipinski definition) is 1. The zero-order valence-electron chi connectivity index (χ0n) is 22.6. The van der Waals surface area contributed by atoms with Gasteiger partial charge in [0, 0.05) is 67.9 Å². The summed E-state index contributed by atoms with van der Waals surface area (Å²) in [5, 5.41) is 8.05. The highest BCUT2D eigenvalue weighted by molar-refractivity contribution is 6.06. The number of imidazole rings is 1. The second kappa shape index (κ2) is 9.72. The van der Waals surface area contributed by atoms with Crippen molar-refractivity contribution >= 4 is 22.3 Å². The molecule has 1 unspecified atom stereocenters. The number of nitrogens with zero attached hydrogens (tertiary/aromatic N) is 5. The van der Waals surface area contributed by atoms with Crippen LogP contribution in [0.2, 0.25) is 0 Å². The van der Waals surface area contributed by atoms with Crippen molar-refractivity contribution in [3.63, 3.8) is 0 Å². The van der Waals surface area contributed by atoms with Crippen LogP contribution in [-0.4, -0.2) is 43.8 Å². The monoisotopic (exact) mass is 530 g/mol. The molecule has 0 aliphatic carbocycles. The van der Waals surface area contributed by atoms with Gasteiger partial charge < -0.3 is 5.32 Å². The maximum atomic E-state index is 15.6. The number of piperidine rings is 1. The van der Waals surface area contributed by atoms with E-state index in [2.05, 4.69) is 17.3 Å². The van der Waals surface area contributed by atoms with Crippen molar-refractivity contribution in [3.05, 3.63) is 87.2 Å². The molecule has 7 nitrogen and oxygen atoms in total. The first-order valence-corrected chi connectivity index (χ1v) is 13.4. The van der Waals surface area contributed by atoms with Gasteiger partial charge in [-0.15, -0.1) is 0 Å². The lowest BCUT2D eigenvalue weighted by atomic mass is 9.85. The highest BCUT2D eigenvalue weighted by Crippen LogP contribution is 2.34. The largest absolute Gasteiger partial charge is 0.337 e. The highest BCUT2D eigenvalue weighted by atomic mass is 19.1. The number of allylic oxidation sites excluding steroid dienone is 1. The van der Waals surface area contributed by atoms with Crippen molar-refractivity contribution < 1.29 is 8.78 Å². The lowest BCUT2D eigenvalue weighted by molar-refractivity contribution is 0.571. The van der Waals surface area contributed by atoms with Crippen molar-refractivity contribution in [2.24, 2.45) is 18.0 Å². The van der Waals surface area contributed by atoms with E-state index >= 15 is 4.39 Å². The fraction of sp³-hybridized carbons (Fsp3) is 0.367. The van der Waals surface area contributed by atoms with Gasteiger partial charge in [-0.3, -0.25) is 18.8 Å². The Morgan fingerprint density at radius 3 is 2.59 bits per heavy atom. The van der Waals surface area contributed by atoms with E-state index in [1.807, 2.05) is 12.1 Å². The molecule has 2 aliphatic heterocycles. The highest BCUT2D eigenvalue weighted by Gasteiger charge is 2.32. The third-order valence-electron chi connectivity index (χ3n) is 8.12. The second-order valence-electron chi connectivity index (χ2n) is 10.7. The third-order valence-corrected chi connectivity index (χ3v) is 8.12. The summed E-state index contributed by atoms with van der Waals surface area (Å²) in [5.41, 5.74) is 5.69. The molecule has 0 spiro atoms. The summed E-state index contributed by atoms with van der Waals surface area (Å²) in [6, 6.07) is 7.19. The number of aromatic nitrogens is 4. The molecule has 2 aliphatic rings. The summed E-state index contributed by atoms with van der Waals surface area (Å²) in [6.07, 6.45) is 7.01. The third kappa shape index (κ3) is 4.25. The first-order chi connectivity index (χ1) is 18.7. The molecule has 9 heteroatoms. The summed E-state index contributed by atoms with van der Waals surface area (Å²) >= 11 is 0. The van der Waals surface area contributed by atoms with E-state index in [9.17, 15) is 9.18 Å². The maximum absolute atomic E-state index is 15.6. The van der Waals surface area contributed by atoms with Crippen molar-refractivity contribution in [1.29, 1.82) is 0 Å². The summed E-state index contributed by atoms with van der Waals surface area (Å²) in [5.74, 6) is -0.704. The Balaban J connectivity index is 1.50. The lowest BCUT2D eigenvalue weighted by Crippen LogP contribution is -2.41. The van der Waals surface area contributed by atoms with Crippen LogP contribution in [0.25, 0.3) is 22.3 Å². The SMILES string of the molecule is Cc1cc(CC2CCN=C3CCN[C@@H](C)C3=C2n2ccn(-c3ccc4c(cnn4C)c3F)c2=O)cc(C)c1F. The molecule has 4 heterocycles. The molecule has 0 bridgehead atoms. The van der Waals surface area contributed by atoms with Crippen molar-refractivity contribution in [1.82, 2.24) is 24.2 Å². The zero-order chi connectivity index (χ0) is 27.4. The number of nitrogens with one attached hydrogen (secondary N) is 1. The maximum Gasteiger partial charge on any atom is 0.337 e. The first kappa shape index (κ1) is 25.4. The fourth-order valence-electron chi connectivity index (χ4n) is 6.22. The molecule has 1 N–H and O–H groups in total. The molecular formula is C30H32F2N6O. The van der Waals surface area contributed by atoms with E-state index in [4.69, 9.17) is 4.99 Å². The van der Waals surface area contributed by atoms with Gasteiger partial charge in [0.05, 0.1) is 22.8 Å². The van der Waals surface area contributed by atoms with Crippen molar-refractivity contribution in [2.75, 3.05) is 13.1 Å². The van der Waals surface area contributed by atoms with Gasteiger partial charge in [-0.2, -0.15) is 5.10 Å². The van der Waals surface area contributed by atoms with Gasteiger partial charge in [0.2, 0.25) is 0 Å². The van der Waals surface area contributed by atoms with Crippen molar-refractivity contribution in [2.45, 2.75) is 46.1 Å². The molecule has 0 radical (unpaired) electrons. The zero-order valence-corrected chi connectivity index (χ0v) is 22.6. The predicted octanol–water partition coefficient (Wildman–Crippen LogP) is 4.72. The fourth-order valence-corrected chi connectivity index (χ4v) is 6.22. The van der Waals surface area contributed by atoms with Crippen LogP contribution in [0.15, 0.2) is 58.2 Å². The smallest absolute Gasteiger partial charge is 0.310 e. The molecular weight excluding hydrogens is 498 g/mol. The van der Waals surface area contributed by atoms with Gasteiger partial charge in [0.15, 0.2) is 5.82 Å². The number of halogens is 2. The van der Waals surface area contributed by atoms with Crippen LogP contribution >= 0.6 is 0 Å². The minimum Gasteiger partial charge on any atom is -0.310 e. The Kier molecular flexibility index (Phi) is 6.33. The standard InChI is InChI=1S/C30H32F2N6O/c1-17-13-20(14-18(2)27(17)31)15-21-7-9-34-23-8-10-33-19(3)26(23)29(21)38-12-11-37(30(38)39)25-6-5-24-22(28(25)32)16-35-36(24)4/h5-6,11-14,16,19,21,33H,7-10,15H2,1-4H3/t19-,21?/m0/s1. The van der Waals surface area contributed by atoms with Crippen LogP contribution in [0.5, 0.6) is 0 Å². The number of benzene rings is 2. The Morgan fingerprint density at radius 2 is 1.82 bits per heavy atom. The van der Waals surface area contributed by atoms with Gasteiger partial charge in [-0.05, 0) is 62.4 Å². The quantitative estimate of drug-likeness (QED) is 0.415. The van der Waals surface area contributed by atoms with Gasteiger partial charge in [0.25, 0.3) is 0 Å². The number of aliphatic imine (C=N–C) groups is 1. The molecule has 2 atom stereocenters. The summed E-state index contributed by atoms with van der Waals surface area (Å²) < 4.78 is 34.6. The van der Waals surface area contributed by atoms with Gasteiger partial charge >= 0.3 is 5.69 Å². The van der Waals surface area contributed by atoms with E-state index in [-0.39, 0.29) is 29.2 Å². The van der Waals surface area contributed by atoms with Crippen LogP contribution < -0.4 is 11.0 Å². The predicted molar refractivity (Wildman–Crippen MR) is 150 cm³/mol. The van der Waals surface area contributed by atoms with Crippen molar-refractivity contribution in [3.8, 4) is 5.69 Å². The molecule has 2 aromatic carbocycles. The van der Waals surface area contributed by atoms with Crippen LogP contribution in [0.1, 0.15) is 36.5 Å². The van der Waals surface area contributed by atoms with E-state index in [0.29, 0.717) is 35.0 Å². The second-order valence-corrected chi connectivity index (χ2v) is 10.7. The van der Waals surface area contributed by atoms with E-state index in [1.54, 1.807) is 54.7 Å². The average Bonchev–Trinajstić information content (AvgIpc) is 3.41. The minimum absolute atomic E-state index is 0.00326. The topological polar surface area (TPSA) is 69.1 Å². The molecule has 1 saturated heterocycles. The molecule has 39 heavy (non-hydrogen) atoms. The first-order valence-electron chi connectivity index (χ1n) is 13.4. The molecule has 202 valence electrons. The van der Waals surface area contributed by atoms with Crippen LogP contribution in [0, 0.1) is 31.4 Å². The summed E-state index contributed by atoms with van der Waals surface area (Å²) in [7, 11) is 1.76. The molecule has 2 aromatic heterocycles. The number of fused-ring (bicyclic) bond motifs is 2. The van der Waals surface area contributed by atoms with E-state index < -0.39 is 5.82 Å². The number of hydrogen-bond acceptors (Lipinski definition) is 4. The Bertz CT molecular complexity index is 1700. The van der Waals surface area contributed by atoms with Crippen LogP contribution in [0.4, 0.5) is 8.78 Å². The molecule has 6 rings (SSSR count). The normalized spacial score (nSPS) is 19.8. The Morgan fingerprint density at radius 1 is 1.08 bits per heavy atom. The summed E-state index contributed by atoms with van der Waals surface area (Å²) in [4.78, 5) is 18.9. The van der Waals surface area contributed by atoms with Crippen LogP contribution in [0.3, 0.4) is 0 Å². The average molecular weight is 531 g/mol. The Hall–Kier alpha value is -3.85. The van der Waals surface area contributed by atoms with E-state index in [1.165, 1.54) is 10.8 Å². The molecule has 0 amide bonds. The Labute approximate surface area is 225 Å². The molecule has 0 saturated carbocycles. The number of aryl methyl sites for hydroxylation is 3. The van der Waals surface area contributed by atoms with Gasteiger partial charge in [-0.25, -0.2) is 13.6 Å². The van der Waals surface area contributed by atoms with Gasteiger partial charge in [0.1, 0.15) is 5.82 Å². The summed E-state index contributed by atoms with van der Waals surface area (Å²) in [6.45, 7) is 7.14. The number of rotatable bonds is 4. The van der Waals surface area contributed by atoms with Crippen LogP contribution in [-0.2, 0) is 13.5 Å². The lowest BCUT2D eigenvalue weighted by Gasteiger charge is -2.30. The molecule has 1 fully saturated rings.